The van der Waals surface area contributed by atoms with Gasteiger partial charge in [-0.1, -0.05) is 64.2 Å². The first kappa shape index (κ1) is 16.1. The van der Waals surface area contributed by atoms with E-state index >= 15 is 0 Å². The van der Waals surface area contributed by atoms with Crippen molar-refractivity contribution in [1.29, 1.82) is 0 Å². The SMILES string of the molecule is CC.Cc1cc(C)c(O)c(C2(C)CCCCCC2)c1. The van der Waals surface area contributed by atoms with Crippen molar-refractivity contribution < 1.29 is 5.11 Å². The van der Waals surface area contributed by atoms with Gasteiger partial charge in [-0.15, -0.1) is 0 Å². The van der Waals surface area contributed by atoms with Crippen LogP contribution < -0.4 is 0 Å². The van der Waals surface area contributed by atoms with Crippen LogP contribution in [0, 0.1) is 13.8 Å². The van der Waals surface area contributed by atoms with Crippen molar-refractivity contribution in [1.82, 2.24) is 0 Å². The molecule has 0 heterocycles. The van der Waals surface area contributed by atoms with E-state index in [-0.39, 0.29) is 5.41 Å². The summed E-state index contributed by atoms with van der Waals surface area (Å²) in [6, 6.07) is 4.26. The predicted molar refractivity (Wildman–Crippen MR) is 84.0 cm³/mol. The fourth-order valence-electron chi connectivity index (χ4n) is 3.20. The van der Waals surface area contributed by atoms with Crippen molar-refractivity contribution in [3.05, 3.63) is 28.8 Å². The van der Waals surface area contributed by atoms with Crippen molar-refractivity contribution in [2.45, 2.75) is 78.6 Å². The second-order valence-corrected chi connectivity index (χ2v) is 5.95. The summed E-state index contributed by atoms with van der Waals surface area (Å²) in [6.45, 7) is 10.5. The number of rotatable bonds is 1. The lowest BCUT2D eigenvalue weighted by Crippen LogP contribution is -2.21. The van der Waals surface area contributed by atoms with E-state index in [1.165, 1.54) is 49.7 Å². The molecule has 0 amide bonds. The van der Waals surface area contributed by atoms with Gasteiger partial charge in [-0.25, -0.2) is 0 Å². The van der Waals surface area contributed by atoms with E-state index in [2.05, 4.69) is 26.0 Å². The zero-order valence-corrected chi connectivity index (χ0v) is 13.3. The Labute approximate surface area is 119 Å². The maximum Gasteiger partial charge on any atom is 0.122 e. The number of phenols is 1. The summed E-state index contributed by atoms with van der Waals surface area (Å²) in [4.78, 5) is 0. The number of phenolic OH excluding ortho intramolecular Hbond substituents is 1. The summed E-state index contributed by atoms with van der Waals surface area (Å²) >= 11 is 0. The van der Waals surface area contributed by atoms with E-state index in [4.69, 9.17) is 0 Å². The lowest BCUT2D eigenvalue weighted by molar-refractivity contribution is 0.378. The molecule has 0 saturated heterocycles. The van der Waals surface area contributed by atoms with Gasteiger partial charge >= 0.3 is 0 Å². The molecule has 1 aliphatic carbocycles. The minimum Gasteiger partial charge on any atom is -0.507 e. The van der Waals surface area contributed by atoms with Crippen molar-refractivity contribution in [3.63, 3.8) is 0 Å². The fourth-order valence-corrected chi connectivity index (χ4v) is 3.20. The molecule has 1 aliphatic rings. The Bertz CT molecular complexity index is 398. The van der Waals surface area contributed by atoms with Crippen LogP contribution in [0.2, 0.25) is 0 Å². The number of hydrogen-bond acceptors (Lipinski definition) is 1. The molecule has 0 aromatic heterocycles. The third kappa shape index (κ3) is 3.75. The molecule has 0 bridgehead atoms. The number of benzene rings is 1. The van der Waals surface area contributed by atoms with E-state index in [9.17, 15) is 5.11 Å². The highest BCUT2D eigenvalue weighted by Crippen LogP contribution is 2.43. The summed E-state index contributed by atoms with van der Waals surface area (Å²) in [7, 11) is 0. The van der Waals surface area contributed by atoms with Gasteiger partial charge in [0.2, 0.25) is 0 Å². The molecule has 2 rings (SSSR count). The largest absolute Gasteiger partial charge is 0.507 e. The van der Waals surface area contributed by atoms with E-state index in [0.717, 1.165) is 5.56 Å². The lowest BCUT2D eigenvalue weighted by atomic mass is 9.75. The van der Waals surface area contributed by atoms with Crippen molar-refractivity contribution >= 4 is 0 Å². The Balaban J connectivity index is 0.000000861. The van der Waals surface area contributed by atoms with Crippen LogP contribution in [0.1, 0.15) is 76.0 Å². The molecule has 1 saturated carbocycles. The first-order chi connectivity index (χ1) is 9.03. The standard InChI is InChI=1S/C16H24O.C2H6/c1-12-10-13(2)15(17)14(11-12)16(3)8-6-4-5-7-9-16;1-2/h10-11,17H,4-9H2,1-3H3;1-2H3. The molecule has 0 spiro atoms. The molecule has 0 aliphatic heterocycles. The molecule has 1 aromatic rings. The van der Waals surface area contributed by atoms with Gasteiger partial charge in [-0.05, 0) is 37.7 Å². The van der Waals surface area contributed by atoms with Crippen LogP contribution in [0.15, 0.2) is 12.1 Å². The minimum absolute atomic E-state index is 0.178. The zero-order chi connectivity index (χ0) is 14.5. The van der Waals surface area contributed by atoms with Gasteiger partial charge in [0, 0.05) is 5.56 Å². The third-order valence-electron chi connectivity index (χ3n) is 4.30. The maximum atomic E-state index is 10.3. The molecule has 0 unspecified atom stereocenters. The summed E-state index contributed by atoms with van der Waals surface area (Å²) < 4.78 is 0. The van der Waals surface area contributed by atoms with E-state index in [1.54, 1.807) is 0 Å². The van der Waals surface area contributed by atoms with Crippen LogP contribution >= 0.6 is 0 Å². The Morgan fingerprint density at radius 2 is 1.47 bits per heavy atom. The van der Waals surface area contributed by atoms with Crippen LogP contribution in [-0.2, 0) is 5.41 Å². The van der Waals surface area contributed by atoms with Crippen molar-refractivity contribution in [2.75, 3.05) is 0 Å². The summed E-state index contributed by atoms with van der Waals surface area (Å²) in [5.41, 5.74) is 3.64. The van der Waals surface area contributed by atoms with Crippen LogP contribution in [0.5, 0.6) is 5.75 Å². The predicted octanol–water partition coefficient (Wildman–Crippen LogP) is 5.65. The van der Waals surface area contributed by atoms with Gasteiger partial charge in [0.25, 0.3) is 0 Å². The minimum atomic E-state index is 0.178. The molecule has 19 heavy (non-hydrogen) atoms. The molecule has 1 N–H and O–H groups in total. The average molecular weight is 262 g/mol. The highest BCUT2D eigenvalue weighted by molar-refractivity contribution is 5.46. The normalized spacial score (nSPS) is 18.2. The smallest absolute Gasteiger partial charge is 0.122 e. The summed E-state index contributed by atoms with van der Waals surface area (Å²) in [5.74, 6) is 0.528. The number of aryl methyl sites for hydroxylation is 2. The molecule has 0 atom stereocenters. The van der Waals surface area contributed by atoms with Crippen LogP contribution in [0.25, 0.3) is 0 Å². The third-order valence-corrected chi connectivity index (χ3v) is 4.30. The van der Waals surface area contributed by atoms with Crippen molar-refractivity contribution in [3.8, 4) is 5.75 Å². The number of hydrogen-bond donors (Lipinski definition) is 1. The Morgan fingerprint density at radius 1 is 0.947 bits per heavy atom. The maximum absolute atomic E-state index is 10.3. The Kier molecular flexibility index (Phi) is 5.90. The molecule has 0 radical (unpaired) electrons. The molecular formula is C18H30O. The van der Waals surface area contributed by atoms with Gasteiger partial charge in [0.15, 0.2) is 0 Å². The molecule has 1 fully saturated rings. The van der Waals surface area contributed by atoms with Gasteiger partial charge < -0.3 is 5.11 Å². The topological polar surface area (TPSA) is 20.2 Å². The molecular weight excluding hydrogens is 232 g/mol. The first-order valence-electron chi connectivity index (χ1n) is 7.84. The summed E-state index contributed by atoms with van der Waals surface area (Å²) in [6.07, 6.45) is 7.71. The quantitative estimate of drug-likeness (QED) is 0.649. The fraction of sp³-hybridized carbons (Fsp3) is 0.667. The average Bonchev–Trinajstić information content (AvgIpc) is 2.62. The molecule has 1 aromatic carbocycles. The molecule has 1 heteroatoms. The van der Waals surface area contributed by atoms with Gasteiger partial charge in [0.05, 0.1) is 0 Å². The second-order valence-electron chi connectivity index (χ2n) is 5.95. The van der Waals surface area contributed by atoms with E-state index < -0.39 is 0 Å². The van der Waals surface area contributed by atoms with Crippen molar-refractivity contribution in [2.24, 2.45) is 0 Å². The van der Waals surface area contributed by atoms with Gasteiger partial charge in [-0.3, -0.25) is 0 Å². The monoisotopic (exact) mass is 262 g/mol. The van der Waals surface area contributed by atoms with Gasteiger partial charge in [0.1, 0.15) is 5.75 Å². The van der Waals surface area contributed by atoms with Crippen LogP contribution in [0.3, 0.4) is 0 Å². The van der Waals surface area contributed by atoms with E-state index in [0.29, 0.717) is 5.75 Å². The first-order valence-corrected chi connectivity index (χ1v) is 7.84. The Morgan fingerprint density at radius 3 is 2.00 bits per heavy atom. The number of aromatic hydroxyl groups is 1. The van der Waals surface area contributed by atoms with E-state index in [1.807, 2.05) is 20.8 Å². The zero-order valence-electron chi connectivity index (χ0n) is 13.3. The highest BCUT2D eigenvalue weighted by Gasteiger charge is 2.30. The van der Waals surface area contributed by atoms with Gasteiger partial charge in [-0.2, -0.15) is 0 Å². The van der Waals surface area contributed by atoms with Crippen LogP contribution in [-0.4, -0.2) is 5.11 Å². The van der Waals surface area contributed by atoms with Crippen LogP contribution in [0.4, 0.5) is 0 Å². The summed E-state index contributed by atoms with van der Waals surface area (Å²) in [5, 5.41) is 10.3. The molecule has 1 nitrogen and oxygen atoms in total. The highest BCUT2D eigenvalue weighted by atomic mass is 16.3. The Hall–Kier alpha value is -0.980. The lowest BCUT2D eigenvalue weighted by Gasteiger charge is -2.30. The second kappa shape index (κ2) is 6.98. The molecule has 108 valence electrons.